The Hall–Kier alpha value is -8.82. The van der Waals surface area contributed by atoms with Crippen molar-refractivity contribution in [2.45, 2.75) is 0 Å². The minimum atomic E-state index is 0.493. The Morgan fingerprint density at radius 1 is 0.302 bits per heavy atom. The molecular weight excluding hydrogens is 777 g/mol. The molecule has 0 amide bonds. The summed E-state index contributed by atoms with van der Waals surface area (Å²) in [5, 5.41) is 6.28. The van der Waals surface area contributed by atoms with Gasteiger partial charge >= 0.3 is 0 Å². The highest BCUT2D eigenvalue weighted by atomic mass is 16.3. The lowest BCUT2D eigenvalue weighted by molar-refractivity contribution is 0.670. The van der Waals surface area contributed by atoms with Crippen LogP contribution in [0.4, 0.5) is 0 Å². The van der Waals surface area contributed by atoms with Crippen LogP contribution in [0, 0.1) is 0 Å². The van der Waals surface area contributed by atoms with Crippen LogP contribution in [-0.4, -0.2) is 39.0 Å². The summed E-state index contributed by atoms with van der Waals surface area (Å²) in [6, 6.07) is 65.8. The second-order valence-electron chi connectivity index (χ2n) is 15.5. The van der Waals surface area contributed by atoms with Crippen molar-refractivity contribution in [2.75, 3.05) is 0 Å². The van der Waals surface area contributed by atoms with Gasteiger partial charge in [-0.05, 0) is 42.5 Å². The topological polar surface area (TPSA) is 100 Å². The van der Waals surface area contributed by atoms with Crippen LogP contribution in [0.2, 0.25) is 0 Å². The molecule has 13 aromatic rings. The zero-order valence-corrected chi connectivity index (χ0v) is 33.5. The van der Waals surface area contributed by atoms with E-state index in [1.807, 2.05) is 115 Å². The Morgan fingerprint density at radius 2 is 0.746 bits per heavy atom. The molecule has 9 heteroatoms. The van der Waals surface area contributed by atoms with Crippen LogP contribution in [0.3, 0.4) is 0 Å². The van der Waals surface area contributed by atoms with E-state index in [0.717, 1.165) is 87.8 Å². The second-order valence-corrected chi connectivity index (χ2v) is 15.5. The highest BCUT2D eigenvalue weighted by molar-refractivity contribution is 6.21. The van der Waals surface area contributed by atoms with E-state index in [-0.39, 0.29) is 0 Å². The molecule has 13 rings (SSSR count). The second kappa shape index (κ2) is 13.9. The van der Waals surface area contributed by atoms with Crippen LogP contribution >= 0.6 is 0 Å². The number of hydrogen-bond acceptors (Lipinski definition) is 7. The molecule has 0 saturated heterocycles. The van der Waals surface area contributed by atoms with E-state index >= 15 is 0 Å². The Balaban J connectivity index is 1.05. The van der Waals surface area contributed by atoms with Crippen LogP contribution in [-0.2, 0) is 0 Å². The Kier molecular flexibility index (Phi) is 7.70. The summed E-state index contributed by atoms with van der Waals surface area (Å²) in [6.07, 6.45) is 0. The third-order valence-electron chi connectivity index (χ3n) is 11.9. The molecule has 9 nitrogen and oxygen atoms in total. The highest BCUT2D eigenvalue weighted by Crippen LogP contribution is 2.41. The molecule has 0 spiro atoms. The Bertz CT molecular complexity index is 3850. The molecule has 0 radical (unpaired) electrons. The van der Waals surface area contributed by atoms with Crippen molar-refractivity contribution in [3.8, 4) is 57.4 Å². The number of furan rings is 1. The summed E-state index contributed by atoms with van der Waals surface area (Å²) in [5.41, 5.74) is 8.93. The lowest BCUT2D eigenvalue weighted by Crippen LogP contribution is -2.07. The molecule has 0 atom stereocenters. The van der Waals surface area contributed by atoms with Crippen molar-refractivity contribution in [2.24, 2.45) is 0 Å². The summed E-state index contributed by atoms with van der Waals surface area (Å²) in [5.74, 6) is 3.31. The third-order valence-corrected chi connectivity index (χ3v) is 11.9. The maximum absolute atomic E-state index is 6.67. The minimum absolute atomic E-state index is 0.493. The van der Waals surface area contributed by atoms with Gasteiger partial charge in [0.2, 0.25) is 11.9 Å². The van der Waals surface area contributed by atoms with Gasteiger partial charge in [-0.3, -0.25) is 9.13 Å². The third kappa shape index (κ3) is 5.57. The van der Waals surface area contributed by atoms with E-state index < -0.39 is 0 Å². The van der Waals surface area contributed by atoms with E-state index in [0.29, 0.717) is 35.2 Å². The molecule has 0 aliphatic rings. The maximum Gasteiger partial charge on any atom is 0.238 e. The van der Waals surface area contributed by atoms with E-state index in [4.69, 9.17) is 34.3 Å². The molecule has 0 aliphatic carbocycles. The van der Waals surface area contributed by atoms with E-state index in [2.05, 4.69) is 88.0 Å². The number of aromatic nitrogens is 8. The van der Waals surface area contributed by atoms with Gasteiger partial charge in [-0.15, -0.1) is 0 Å². The summed E-state index contributed by atoms with van der Waals surface area (Å²) >= 11 is 0. The fourth-order valence-electron chi connectivity index (χ4n) is 8.97. The number of rotatable bonds is 6. The SMILES string of the molecule is c1ccc(-c2nc(-c3ccccc3)nc(-n3c4ccccc4c4cc(-c5nc(-c6ccccc6)nc(-n6c7ccccc7c7ccc8c9ccccc9oc8c76)n5)ccc43)n2)cc1. The summed E-state index contributed by atoms with van der Waals surface area (Å²) < 4.78 is 10.9. The Labute approximate surface area is 359 Å². The molecular formula is C54H32N8O. The lowest BCUT2D eigenvalue weighted by Gasteiger charge is -2.12. The van der Waals surface area contributed by atoms with Crippen LogP contribution in [0.1, 0.15) is 0 Å². The molecule has 8 aromatic carbocycles. The average molecular weight is 809 g/mol. The largest absolute Gasteiger partial charge is 0.454 e. The van der Waals surface area contributed by atoms with Crippen LogP contribution in [0.15, 0.2) is 199 Å². The van der Waals surface area contributed by atoms with Crippen LogP contribution in [0.25, 0.3) is 123 Å². The van der Waals surface area contributed by atoms with Gasteiger partial charge in [0.25, 0.3) is 0 Å². The van der Waals surface area contributed by atoms with Crippen molar-refractivity contribution >= 4 is 65.6 Å². The fraction of sp³-hybridized carbons (Fsp3) is 0. The highest BCUT2D eigenvalue weighted by Gasteiger charge is 2.23. The number of benzene rings is 8. The van der Waals surface area contributed by atoms with E-state index in [9.17, 15) is 0 Å². The zero-order valence-electron chi connectivity index (χ0n) is 33.5. The van der Waals surface area contributed by atoms with E-state index in [1.54, 1.807) is 0 Å². The first kappa shape index (κ1) is 35.0. The van der Waals surface area contributed by atoms with Gasteiger partial charge in [0.15, 0.2) is 28.9 Å². The van der Waals surface area contributed by atoms with Gasteiger partial charge in [0.1, 0.15) is 11.1 Å². The van der Waals surface area contributed by atoms with Gasteiger partial charge in [0.05, 0.1) is 16.6 Å². The monoisotopic (exact) mass is 808 g/mol. The van der Waals surface area contributed by atoms with Gasteiger partial charge in [0, 0.05) is 54.6 Å². The summed E-state index contributed by atoms with van der Waals surface area (Å²) in [6.45, 7) is 0. The minimum Gasteiger partial charge on any atom is -0.454 e. The fourth-order valence-corrected chi connectivity index (χ4v) is 8.97. The molecule has 0 aliphatic heterocycles. The first-order valence-electron chi connectivity index (χ1n) is 20.8. The molecule has 5 aromatic heterocycles. The van der Waals surface area contributed by atoms with Crippen LogP contribution < -0.4 is 0 Å². The quantitative estimate of drug-likeness (QED) is 0.165. The van der Waals surface area contributed by atoms with Gasteiger partial charge in [-0.25, -0.2) is 9.97 Å². The average Bonchev–Trinajstić information content (AvgIpc) is 4.02. The molecule has 0 saturated carbocycles. The number of para-hydroxylation sites is 3. The molecule has 63 heavy (non-hydrogen) atoms. The zero-order chi connectivity index (χ0) is 41.4. The number of nitrogens with zero attached hydrogens (tertiary/aromatic N) is 8. The lowest BCUT2D eigenvalue weighted by atomic mass is 10.1. The standard InChI is InChI=1S/C54H32N8O/c1-4-16-33(17-5-1)49-55-50(34-18-6-2-7-19-34)58-53(57-49)61-43-25-13-11-23-38(43)42-32-36(28-31-45(42)61)52-56-51(35-20-8-3-9-21-35)59-54(60-52)62-44-26-14-10-22-37(44)40-29-30-41-39-24-12-15-27-46(39)63-48(41)47(40)62/h1-32H. The van der Waals surface area contributed by atoms with Crippen molar-refractivity contribution < 1.29 is 4.42 Å². The predicted octanol–water partition coefficient (Wildman–Crippen LogP) is 12.8. The van der Waals surface area contributed by atoms with Crippen molar-refractivity contribution in [1.29, 1.82) is 0 Å². The van der Waals surface area contributed by atoms with Gasteiger partial charge < -0.3 is 4.42 Å². The molecule has 294 valence electrons. The van der Waals surface area contributed by atoms with Gasteiger partial charge in [-0.1, -0.05) is 152 Å². The first-order valence-corrected chi connectivity index (χ1v) is 20.8. The normalized spacial score (nSPS) is 11.8. The summed E-state index contributed by atoms with van der Waals surface area (Å²) in [7, 11) is 0. The first-order chi connectivity index (χ1) is 31.2. The molecule has 0 N–H and O–H groups in total. The van der Waals surface area contributed by atoms with E-state index in [1.165, 1.54) is 0 Å². The molecule has 0 fully saturated rings. The molecule has 0 unspecified atom stereocenters. The van der Waals surface area contributed by atoms with Crippen molar-refractivity contribution in [3.63, 3.8) is 0 Å². The van der Waals surface area contributed by atoms with Crippen molar-refractivity contribution in [3.05, 3.63) is 194 Å². The smallest absolute Gasteiger partial charge is 0.238 e. The number of hydrogen-bond donors (Lipinski definition) is 0. The van der Waals surface area contributed by atoms with Crippen LogP contribution in [0.5, 0.6) is 0 Å². The molecule has 0 bridgehead atoms. The van der Waals surface area contributed by atoms with Crippen molar-refractivity contribution in [1.82, 2.24) is 39.0 Å². The number of fused-ring (bicyclic) bond motifs is 10. The maximum atomic E-state index is 6.67. The Morgan fingerprint density at radius 3 is 1.35 bits per heavy atom. The summed E-state index contributed by atoms with van der Waals surface area (Å²) in [4.78, 5) is 30.9. The molecule has 5 heterocycles. The predicted molar refractivity (Wildman–Crippen MR) is 251 cm³/mol. The van der Waals surface area contributed by atoms with Gasteiger partial charge in [-0.2, -0.15) is 19.9 Å².